The molecule has 14 heavy (non-hydrogen) atoms. The number of nitrogens with one attached hydrogen (secondary N) is 1. The van der Waals surface area contributed by atoms with E-state index in [4.69, 9.17) is 5.11 Å². The second kappa shape index (κ2) is 3.57. The summed E-state index contributed by atoms with van der Waals surface area (Å²) in [6.07, 6.45) is 1.06. The average Bonchev–Trinajstić information content (AvgIpc) is 2.49. The molecular weight excluding hydrogens is 184 g/mol. The monoisotopic (exact) mass is 198 g/mol. The smallest absolute Gasteiger partial charge is 0.245 e. The van der Waals surface area contributed by atoms with Crippen LogP contribution in [0.15, 0.2) is 0 Å². The van der Waals surface area contributed by atoms with E-state index in [1.54, 1.807) is 4.90 Å². The number of likely N-dealkylation sites (tertiary alicyclic amines) is 1. The molecule has 0 bridgehead atoms. The van der Waals surface area contributed by atoms with Crippen LogP contribution in [-0.2, 0) is 9.59 Å². The first-order valence-electron chi connectivity index (χ1n) is 4.89. The Morgan fingerprint density at radius 2 is 2.29 bits per heavy atom. The second-order valence-corrected chi connectivity index (χ2v) is 3.95. The highest BCUT2D eigenvalue weighted by atomic mass is 16.3. The lowest BCUT2D eigenvalue weighted by atomic mass is 10.00. The fraction of sp³-hybridized carbons (Fsp3) is 0.778. The molecule has 0 aromatic rings. The van der Waals surface area contributed by atoms with Crippen molar-refractivity contribution in [3.8, 4) is 0 Å². The number of carbonyl (C=O) groups is 2. The molecule has 2 amide bonds. The summed E-state index contributed by atoms with van der Waals surface area (Å²) in [6, 6.07) is -0.317. The van der Waals surface area contributed by atoms with Crippen LogP contribution in [0.3, 0.4) is 0 Å². The molecule has 2 fully saturated rings. The predicted molar refractivity (Wildman–Crippen MR) is 48.3 cm³/mol. The van der Waals surface area contributed by atoms with Crippen LogP contribution in [-0.4, -0.2) is 47.6 Å². The van der Waals surface area contributed by atoms with Crippen molar-refractivity contribution >= 4 is 11.8 Å². The topological polar surface area (TPSA) is 69.6 Å². The summed E-state index contributed by atoms with van der Waals surface area (Å²) in [5.74, 6) is 0.194. The maximum Gasteiger partial charge on any atom is 0.245 e. The van der Waals surface area contributed by atoms with Crippen molar-refractivity contribution < 1.29 is 14.7 Å². The Labute approximate surface area is 82.1 Å². The molecule has 5 heteroatoms. The molecule has 0 saturated carbocycles. The number of nitrogens with zero attached hydrogens (tertiary/aromatic N) is 1. The molecule has 5 nitrogen and oxygen atoms in total. The summed E-state index contributed by atoms with van der Waals surface area (Å²) in [4.78, 5) is 24.2. The summed E-state index contributed by atoms with van der Waals surface area (Å²) in [7, 11) is 0. The Bertz CT molecular complexity index is 261. The lowest BCUT2D eigenvalue weighted by Crippen LogP contribution is -2.56. The van der Waals surface area contributed by atoms with Gasteiger partial charge in [0.05, 0.1) is 0 Å². The van der Waals surface area contributed by atoms with Gasteiger partial charge in [-0.1, -0.05) is 0 Å². The van der Waals surface area contributed by atoms with Crippen LogP contribution >= 0.6 is 0 Å². The quantitative estimate of drug-likeness (QED) is 0.580. The van der Waals surface area contributed by atoms with Crippen LogP contribution in [0.1, 0.15) is 12.8 Å². The van der Waals surface area contributed by atoms with Gasteiger partial charge in [-0.2, -0.15) is 0 Å². The number of rotatable bonds is 2. The van der Waals surface area contributed by atoms with E-state index in [-0.39, 0.29) is 30.4 Å². The first-order valence-corrected chi connectivity index (χ1v) is 4.89. The molecule has 1 atom stereocenters. The fourth-order valence-electron chi connectivity index (χ4n) is 1.88. The Hall–Kier alpha value is -1.10. The highest BCUT2D eigenvalue weighted by Crippen LogP contribution is 2.18. The molecule has 2 rings (SSSR count). The molecule has 2 aliphatic rings. The van der Waals surface area contributed by atoms with E-state index in [2.05, 4.69) is 5.32 Å². The maximum atomic E-state index is 11.7. The molecule has 2 aliphatic heterocycles. The third-order valence-corrected chi connectivity index (χ3v) is 2.82. The standard InChI is InChI=1S/C9H14N2O3/c12-5-6-3-11(4-6)9(14)7-1-2-8(13)10-7/h6-7,12H,1-5H2,(H,10,13)/t7-/m1/s1. The lowest BCUT2D eigenvalue weighted by Gasteiger charge is -2.39. The summed E-state index contributed by atoms with van der Waals surface area (Å²) in [5.41, 5.74) is 0. The first kappa shape index (κ1) is 9.45. The van der Waals surface area contributed by atoms with Crippen molar-refractivity contribution in [3.05, 3.63) is 0 Å². The van der Waals surface area contributed by atoms with Crippen molar-refractivity contribution in [1.29, 1.82) is 0 Å². The summed E-state index contributed by atoms with van der Waals surface area (Å²) >= 11 is 0. The Kier molecular flexibility index (Phi) is 2.41. The second-order valence-electron chi connectivity index (χ2n) is 3.95. The van der Waals surface area contributed by atoms with Gasteiger partial charge in [-0.05, 0) is 6.42 Å². The first-order chi connectivity index (χ1) is 6.70. The van der Waals surface area contributed by atoms with Gasteiger partial charge in [0.15, 0.2) is 0 Å². The Morgan fingerprint density at radius 1 is 1.57 bits per heavy atom. The highest BCUT2D eigenvalue weighted by molar-refractivity contribution is 5.91. The van der Waals surface area contributed by atoms with Crippen molar-refractivity contribution in [1.82, 2.24) is 10.2 Å². The van der Waals surface area contributed by atoms with Crippen LogP contribution in [0.4, 0.5) is 0 Å². The van der Waals surface area contributed by atoms with Gasteiger partial charge in [0, 0.05) is 32.0 Å². The largest absolute Gasteiger partial charge is 0.396 e. The normalized spacial score (nSPS) is 27.4. The number of aliphatic hydroxyl groups is 1. The number of carbonyl (C=O) groups excluding carboxylic acids is 2. The van der Waals surface area contributed by atoms with Crippen LogP contribution in [0.2, 0.25) is 0 Å². The van der Waals surface area contributed by atoms with E-state index < -0.39 is 0 Å². The SMILES string of the molecule is O=C1CC[C@H](C(=O)N2CC(CO)C2)N1. The molecule has 78 valence electrons. The molecule has 0 spiro atoms. The van der Waals surface area contributed by atoms with E-state index >= 15 is 0 Å². The third-order valence-electron chi connectivity index (χ3n) is 2.82. The number of amides is 2. The third kappa shape index (κ3) is 1.59. The lowest BCUT2D eigenvalue weighted by molar-refractivity contribution is -0.141. The van der Waals surface area contributed by atoms with Crippen LogP contribution in [0, 0.1) is 5.92 Å². The summed E-state index contributed by atoms with van der Waals surface area (Å²) in [5, 5.41) is 11.4. The minimum atomic E-state index is -0.317. The predicted octanol–water partition coefficient (Wildman–Crippen LogP) is -1.28. The van der Waals surface area contributed by atoms with Gasteiger partial charge in [-0.3, -0.25) is 9.59 Å². The van der Waals surface area contributed by atoms with Crippen molar-refractivity contribution in [2.45, 2.75) is 18.9 Å². The van der Waals surface area contributed by atoms with Crippen molar-refractivity contribution in [3.63, 3.8) is 0 Å². The molecule has 2 heterocycles. The number of aliphatic hydroxyl groups excluding tert-OH is 1. The van der Waals surface area contributed by atoms with E-state index in [0.717, 1.165) is 0 Å². The molecule has 0 unspecified atom stereocenters. The van der Waals surface area contributed by atoms with Gasteiger partial charge in [0.25, 0.3) is 0 Å². The van der Waals surface area contributed by atoms with Crippen molar-refractivity contribution in [2.24, 2.45) is 5.92 Å². The summed E-state index contributed by atoms with van der Waals surface area (Å²) < 4.78 is 0. The molecule has 0 aliphatic carbocycles. The highest BCUT2D eigenvalue weighted by Gasteiger charge is 2.36. The molecule has 0 aromatic carbocycles. The average molecular weight is 198 g/mol. The minimum Gasteiger partial charge on any atom is -0.396 e. The van der Waals surface area contributed by atoms with Gasteiger partial charge in [0.1, 0.15) is 6.04 Å². The van der Waals surface area contributed by atoms with Gasteiger partial charge < -0.3 is 15.3 Å². The molecule has 2 saturated heterocycles. The zero-order chi connectivity index (χ0) is 10.1. The van der Waals surface area contributed by atoms with E-state index in [9.17, 15) is 9.59 Å². The Balaban J connectivity index is 1.82. The molecule has 0 radical (unpaired) electrons. The summed E-state index contributed by atoms with van der Waals surface area (Å²) in [6.45, 7) is 1.39. The maximum absolute atomic E-state index is 11.7. The Morgan fingerprint density at radius 3 is 2.79 bits per heavy atom. The molecule has 0 aromatic heterocycles. The van der Waals surface area contributed by atoms with Gasteiger partial charge in [0.2, 0.25) is 11.8 Å². The van der Waals surface area contributed by atoms with Crippen LogP contribution in [0.25, 0.3) is 0 Å². The van der Waals surface area contributed by atoms with Gasteiger partial charge in [-0.15, -0.1) is 0 Å². The number of hydrogen-bond donors (Lipinski definition) is 2. The van der Waals surface area contributed by atoms with E-state index in [0.29, 0.717) is 25.9 Å². The van der Waals surface area contributed by atoms with E-state index in [1.165, 1.54) is 0 Å². The fourth-order valence-corrected chi connectivity index (χ4v) is 1.88. The van der Waals surface area contributed by atoms with Crippen LogP contribution in [0.5, 0.6) is 0 Å². The molecular formula is C9H14N2O3. The number of hydrogen-bond acceptors (Lipinski definition) is 3. The zero-order valence-electron chi connectivity index (χ0n) is 7.90. The van der Waals surface area contributed by atoms with E-state index in [1.807, 2.05) is 0 Å². The zero-order valence-corrected chi connectivity index (χ0v) is 7.90. The van der Waals surface area contributed by atoms with Crippen LogP contribution < -0.4 is 5.32 Å². The van der Waals surface area contributed by atoms with Gasteiger partial charge >= 0.3 is 0 Å². The van der Waals surface area contributed by atoms with Crippen molar-refractivity contribution in [2.75, 3.05) is 19.7 Å². The van der Waals surface area contributed by atoms with Gasteiger partial charge in [-0.25, -0.2) is 0 Å². The molecule has 2 N–H and O–H groups in total. The minimum absolute atomic E-state index is 0.000509.